The van der Waals surface area contributed by atoms with Gasteiger partial charge in [-0.25, -0.2) is 0 Å². The minimum absolute atomic E-state index is 0.0826. The van der Waals surface area contributed by atoms with Crippen molar-refractivity contribution in [1.29, 1.82) is 5.26 Å². The van der Waals surface area contributed by atoms with E-state index >= 15 is 0 Å². The minimum Gasteiger partial charge on any atom is -0.481 e. The molecule has 0 aliphatic rings. The van der Waals surface area contributed by atoms with Gasteiger partial charge >= 0.3 is 5.97 Å². The topological polar surface area (TPSA) is 61.1 Å². The molecule has 0 aliphatic heterocycles. The summed E-state index contributed by atoms with van der Waals surface area (Å²) in [6, 6.07) is 5.53. The van der Waals surface area contributed by atoms with Gasteiger partial charge in [0.25, 0.3) is 0 Å². The normalized spacial score (nSPS) is 9.81. The smallest absolute Gasteiger partial charge is 0.307 e. The summed E-state index contributed by atoms with van der Waals surface area (Å²) in [4.78, 5) is 10.8. The number of hydrogen-bond acceptors (Lipinski definition) is 2. The predicted octanol–water partition coefficient (Wildman–Crippen LogP) is 2.49. The molecule has 16 heavy (non-hydrogen) atoms. The Bertz CT molecular complexity index is 449. The van der Waals surface area contributed by atoms with Crippen LogP contribution >= 0.6 is 11.6 Å². The lowest BCUT2D eigenvalue weighted by Gasteiger charge is -2.12. The molecule has 0 saturated heterocycles. The van der Waals surface area contributed by atoms with Gasteiger partial charge in [0.1, 0.15) is 0 Å². The number of benzene rings is 1. The van der Waals surface area contributed by atoms with Gasteiger partial charge in [0.2, 0.25) is 0 Å². The standard InChI is InChI=1S/C12H12ClNO2/c1-2-8-3-4-9(7-14)11(6-13)10(8)5-12(15)16/h3-4H,2,5-6H2,1H3,(H,15,16). The third kappa shape index (κ3) is 2.53. The van der Waals surface area contributed by atoms with E-state index in [2.05, 4.69) is 0 Å². The first-order valence-corrected chi connectivity index (χ1v) is 5.49. The fourth-order valence-electron chi connectivity index (χ4n) is 1.70. The summed E-state index contributed by atoms with van der Waals surface area (Å²) in [5.74, 6) is -0.740. The van der Waals surface area contributed by atoms with E-state index in [1.807, 2.05) is 13.0 Å². The van der Waals surface area contributed by atoms with Gasteiger partial charge in [-0.1, -0.05) is 13.0 Å². The highest BCUT2D eigenvalue weighted by Crippen LogP contribution is 2.22. The van der Waals surface area contributed by atoms with Gasteiger partial charge in [-0.05, 0) is 29.2 Å². The molecule has 0 heterocycles. The average molecular weight is 238 g/mol. The maximum absolute atomic E-state index is 10.8. The number of carbonyl (C=O) groups is 1. The highest BCUT2D eigenvalue weighted by atomic mass is 35.5. The predicted molar refractivity (Wildman–Crippen MR) is 61.4 cm³/mol. The lowest BCUT2D eigenvalue weighted by molar-refractivity contribution is -0.136. The number of aryl methyl sites for hydroxylation is 1. The summed E-state index contributed by atoms with van der Waals surface area (Å²) in [7, 11) is 0. The molecule has 0 radical (unpaired) electrons. The number of halogens is 1. The second kappa shape index (κ2) is 5.53. The van der Waals surface area contributed by atoms with Crippen LogP contribution in [0.25, 0.3) is 0 Å². The molecular formula is C12H12ClNO2. The van der Waals surface area contributed by atoms with Crippen molar-refractivity contribution >= 4 is 17.6 Å². The van der Waals surface area contributed by atoms with Crippen LogP contribution in [0, 0.1) is 11.3 Å². The third-order valence-corrected chi connectivity index (χ3v) is 2.76. The first-order chi connectivity index (χ1) is 7.63. The Morgan fingerprint density at radius 3 is 2.62 bits per heavy atom. The molecule has 0 unspecified atom stereocenters. The Kier molecular flexibility index (Phi) is 4.33. The van der Waals surface area contributed by atoms with E-state index in [1.165, 1.54) is 0 Å². The van der Waals surface area contributed by atoms with Gasteiger partial charge in [-0.3, -0.25) is 4.79 Å². The van der Waals surface area contributed by atoms with Crippen LogP contribution in [-0.4, -0.2) is 11.1 Å². The summed E-state index contributed by atoms with van der Waals surface area (Å²) < 4.78 is 0. The zero-order valence-electron chi connectivity index (χ0n) is 8.96. The number of hydrogen-bond donors (Lipinski definition) is 1. The summed E-state index contributed by atoms with van der Waals surface area (Å²) in [5, 5.41) is 17.8. The molecule has 1 N–H and O–H groups in total. The molecule has 0 spiro atoms. The van der Waals surface area contributed by atoms with Crippen LogP contribution in [-0.2, 0) is 23.5 Å². The van der Waals surface area contributed by atoms with Crippen molar-refractivity contribution in [2.45, 2.75) is 25.6 Å². The van der Waals surface area contributed by atoms with Crippen LogP contribution in [0.2, 0.25) is 0 Å². The Morgan fingerprint density at radius 2 is 2.19 bits per heavy atom. The lowest BCUT2D eigenvalue weighted by Crippen LogP contribution is -2.08. The van der Waals surface area contributed by atoms with Gasteiger partial charge in [-0.2, -0.15) is 5.26 Å². The van der Waals surface area contributed by atoms with Crippen molar-refractivity contribution in [3.63, 3.8) is 0 Å². The maximum Gasteiger partial charge on any atom is 0.307 e. The number of nitriles is 1. The lowest BCUT2D eigenvalue weighted by atomic mass is 9.94. The van der Waals surface area contributed by atoms with Crippen molar-refractivity contribution in [3.05, 3.63) is 34.4 Å². The quantitative estimate of drug-likeness (QED) is 0.819. The molecular weight excluding hydrogens is 226 g/mol. The first-order valence-electron chi connectivity index (χ1n) is 4.95. The molecule has 0 atom stereocenters. The first kappa shape index (κ1) is 12.5. The summed E-state index contributed by atoms with van der Waals surface area (Å²) in [6.45, 7) is 1.95. The molecule has 1 rings (SSSR count). The van der Waals surface area contributed by atoms with E-state index in [4.69, 9.17) is 22.0 Å². The molecule has 1 aromatic carbocycles. The molecule has 0 fully saturated rings. The Balaban J connectivity index is 3.37. The number of rotatable bonds is 4. The highest BCUT2D eigenvalue weighted by Gasteiger charge is 2.14. The number of aliphatic carboxylic acids is 1. The van der Waals surface area contributed by atoms with Crippen LogP contribution in [0.1, 0.15) is 29.2 Å². The maximum atomic E-state index is 10.8. The number of carboxylic acid groups (broad SMARTS) is 1. The van der Waals surface area contributed by atoms with E-state index in [0.717, 1.165) is 12.0 Å². The molecule has 0 aliphatic carbocycles. The third-order valence-electron chi connectivity index (χ3n) is 2.49. The monoisotopic (exact) mass is 237 g/mol. The number of alkyl halides is 1. The average Bonchev–Trinajstić information content (AvgIpc) is 2.27. The van der Waals surface area contributed by atoms with Gasteiger partial charge in [-0.15, -0.1) is 11.6 Å². The second-order valence-electron chi connectivity index (χ2n) is 3.40. The Labute approximate surface area is 99.3 Å². The van der Waals surface area contributed by atoms with Crippen LogP contribution in [0.15, 0.2) is 12.1 Å². The Morgan fingerprint density at radius 1 is 1.50 bits per heavy atom. The van der Waals surface area contributed by atoms with Crippen LogP contribution in [0.3, 0.4) is 0 Å². The highest BCUT2D eigenvalue weighted by molar-refractivity contribution is 6.17. The second-order valence-corrected chi connectivity index (χ2v) is 3.67. The number of nitrogens with zero attached hydrogens (tertiary/aromatic N) is 1. The van der Waals surface area contributed by atoms with Gasteiger partial charge in [0, 0.05) is 5.88 Å². The van der Waals surface area contributed by atoms with Crippen molar-refractivity contribution in [3.8, 4) is 6.07 Å². The van der Waals surface area contributed by atoms with Gasteiger partial charge < -0.3 is 5.11 Å². The fourth-order valence-corrected chi connectivity index (χ4v) is 2.01. The molecule has 4 heteroatoms. The van der Waals surface area contributed by atoms with E-state index in [1.54, 1.807) is 12.1 Å². The van der Waals surface area contributed by atoms with E-state index in [9.17, 15) is 4.79 Å². The van der Waals surface area contributed by atoms with Crippen molar-refractivity contribution in [2.24, 2.45) is 0 Å². The molecule has 3 nitrogen and oxygen atoms in total. The largest absolute Gasteiger partial charge is 0.481 e. The van der Waals surface area contributed by atoms with Crippen molar-refractivity contribution in [1.82, 2.24) is 0 Å². The van der Waals surface area contributed by atoms with Crippen molar-refractivity contribution in [2.75, 3.05) is 0 Å². The summed E-state index contributed by atoms with van der Waals surface area (Å²) in [5.41, 5.74) is 2.73. The zero-order valence-corrected chi connectivity index (χ0v) is 9.71. The summed E-state index contributed by atoms with van der Waals surface area (Å²) in [6.07, 6.45) is 0.652. The number of carboxylic acids is 1. The molecule has 84 valence electrons. The van der Waals surface area contributed by atoms with Gasteiger partial charge in [0.15, 0.2) is 0 Å². The molecule has 0 saturated carbocycles. The Hall–Kier alpha value is -1.53. The van der Waals surface area contributed by atoms with Gasteiger partial charge in [0.05, 0.1) is 18.1 Å². The molecule has 0 amide bonds. The van der Waals surface area contributed by atoms with E-state index < -0.39 is 5.97 Å². The zero-order chi connectivity index (χ0) is 12.1. The molecule has 1 aromatic rings. The SMILES string of the molecule is CCc1ccc(C#N)c(CCl)c1CC(=O)O. The molecule has 0 aromatic heterocycles. The molecule has 0 bridgehead atoms. The van der Waals surface area contributed by atoms with Crippen LogP contribution in [0.4, 0.5) is 0 Å². The minimum atomic E-state index is -0.906. The van der Waals surface area contributed by atoms with E-state index in [-0.39, 0.29) is 12.3 Å². The van der Waals surface area contributed by atoms with Crippen molar-refractivity contribution < 1.29 is 9.90 Å². The van der Waals surface area contributed by atoms with Crippen LogP contribution in [0.5, 0.6) is 0 Å². The van der Waals surface area contributed by atoms with Crippen LogP contribution < -0.4 is 0 Å². The summed E-state index contributed by atoms with van der Waals surface area (Å²) >= 11 is 5.78. The fraction of sp³-hybridized carbons (Fsp3) is 0.333. The van der Waals surface area contributed by atoms with E-state index in [0.29, 0.717) is 16.7 Å².